The van der Waals surface area contributed by atoms with Gasteiger partial charge in [-0.3, -0.25) is 14.4 Å². The minimum atomic E-state index is -0.889. The number of carboxylic acid groups (broad SMARTS) is 1. The molecule has 136 valence electrons. The molecule has 6 nitrogen and oxygen atoms in total. The molecule has 25 heavy (non-hydrogen) atoms. The van der Waals surface area contributed by atoms with Crippen molar-refractivity contribution in [2.45, 2.75) is 40.0 Å². The second kappa shape index (κ2) is 7.68. The predicted octanol–water partition coefficient (Wildman–Crippen LogP) is 2.22. The Morgan fingerprint density at radius 1 is 1.28 bits per heavy atom. The lowest BCUT2D eigenvalue weighted by Gasteiger charge is -2.20. The van der Waals surface area contributed by atoms with Gasteiger partial charge < -0.3 is 15.3 Å². The Morgan fingerprint density at radius 2 is 1.92 bits per heavy atom. The fourth-order valence-corrected chi connectivity index (χ4v) is 2.79. The number of hydrogen-bond donors (Lipinski definition) is 2. The Balaban J connectivity index is 1.90. The topological polar surface area (TPSA) is 86.7 Å². The van der Waals surface area contributed by atoms with Crippen LogP contribution in [0.25, 0.3) is 0 Å². The van der Waals surface area contributed by atoms with Gasteiger partial charge in [-0.05, 0) is 44.4 Å². The monoisotopic (exact) mass is 346 g/mol. The molecule has 2 rings (SSSR count). The molecule has 1 aromatic rings. The lowest BCUT2D eigenvalue weighted by atomic mass is 9.89. The smallest absolute Gasteiger partial charge is 0.309 e. The van der Waals surface area contributed by atoms with E-state index in [1.807, 2.05) is 24.3 Å². The van der Waals surface area contributed by atoms with E-state index >= 15 is 0 Å². The average Bonchev–Trinajstić information content (AvgIpc) is 2.96. The summed E-state index contributed by atoms with van der Waals surface area (Å²) in [7, 11) is 0. The molecule has 0 bridgehead atoms. The first-order valence-electron chi connectivity index (χ1n) is 8.65. The van der Waals surface area contributed by atoms with Gasteiger partial charge >= 0.3 is 5.97 Å². The molecular formula is C19H26N2O4. The van der Waals surface area contributed by atoms with Gasteiger partial charge in [-0.1, -0.05) is 19.1 Å². The van der Waals surface area contributed by atoms with Gasteiger partial charge in [0.15, 0.2) is 0 Å². The van der Waals surface area contributed by atoms with E-state index in [0.29, 0.717) is 13.0 Å². The summed E-state index contributed by atoms with van der Waals surface area (Å²) in [5.41, 5.74) is 1.13. The number of aliphatic carboxylic acids is 1. The van der Waals surface area contributed by atoms with Crippen LogP contribution in [0.2, 0.25) is 0 Å². The molecule has 1 aliphatic heterocycles. The summed E-state index contributed by atoms with van der Waals surface area (Å²) in [5.74, 6) is -1.54. The molecule has 0 radical (unpaired) electrons. The van der Waals surface area contributed by atoms with Crippen molar-refractivity contribution in [1.29, 1.82) is 0 Å². The Bertz CT molecular complexity index is 652. The van der Waals surface area contributed by atoms with E-state index in [0.717, 1.165) is 12.1 Å². The summed E-state index contributed by atoms with van der Waals surface area (Å²) < 4.78 is 0. The van der Waals surface area contributed by atoms with Gasteiger partial charge in [0.2, 0.25) is 11.8 Å². The van der Waals surface area contributed by atoms with E-state index in [9.17, 15) is 14.4 Å². The van der Waals surface area contributed by atoms with Gasteiger partial charge in [0.25, 0.3) is 0 Å². The number of amides is 2. The Morgan fingerprint density at radius 3 is 2.48 bits per heavy atom. The van der Waals surface area contributed by atoms with E-state index < -0.39 is 17.3 Å². The fourth-order valence-electron chi connectivity index (χ4n) is 2.79. The van der Waals surface area contributed by atoms with Crippen molar-refractivity contribution in [2.75, 3.05) is 18.0 Å². The van der Waals surface area contributed by atoms with Crippen LogP contribution < -0.4 is 10.2 Å². The molecule has 0 aliphatic carbocycles. The number of nitrogens with one attached hydrogen (secondary N) is 1. The van der Waals surface area contributed by atoms with Crippen molar-refractivity contribution in [2.24, 2.45) is 11.3 Å². The molecule has 0 saturated carbocycles. The molecule has 1 unspecified atom stereocenters. The molecule has 1 aliphatic rings. The van der Waals surface area contributed by atoms with Crippen LogP contribution in [-0.2, 0) is 20.8 Å². The highest BCUT2D eigenvalue weighted by molar-refractivity contribution is 6.00. The maximum absolute atomic E-state index is 12.3. The SMILES string of the molecule is CCc1ccc(N2CC(C(=O)NCCC(C)(C)C(=O)O)CC2=O)cc1. The Labute approximate surface area is 148 Å². The van der Waals surface area contributed by atoms with Gasteiger partial charge in [0.05, 0.1) is 11.3 Å². The van der Waals surface area contributed by atoms with Gasteiger partial charge in [-0.25, -0.2) is 0 Å². The standard InChI is InChI=1S/C19H26N2O4/c1-4-13-5-7-15(8-6-13)21-12-14(11-16(21)22)17(23)20-10-9-19(2,3)18(24)25/h5-8,14H,4,9-12H2,1-3H3,(H,20,23)(H,24,25). The number of carbonyl (C=O) groups excluding carboxylic acids is 2. The third-order valence-corrected chi connectivity index (χ3v) is 4.78. The first-order valence-corrected chi connectivity index (χ1v) is 8.65. The number of benzene rings is 1. The fraction of sp³-hybridized carbons (Fsp3) is 0.526. The zero-order valence-corrected chi connectivity index (χ0v) is 15.0. The van der Waals surface area contributed by atoms with E-state index in [-0.39, 0.29) is 24.8 Å². The molecule has 0 aromatic heterocycles. The molecule has 1 heterocycles. The van der Waals surface area contributed by atoms with Crippen LogP contribution in [0, 0.1) is 11.3 Å². The van der Waals surface area contributed by atoms with Crippen LogP contribution in [0.4, 0.5) is 5.69 Å². The first kappa shape index (κ1) is 19.0. The molecule has 0 spiro atoms. The average molecular weight is 346 g/mol. The second-order valence-electron chi connectivity index (χ2n) is 7.16. The molecular weight excluding hydrogens is 320 g/mol. The maximum Gasteiger partial charge on any atom is 0.309 e. The third kappa shape index (κ3) is 4.59. The van der Waals surface area contributed by atoms with Crippen LogP contribution in [0.3, 0.4) is 0 Å². The van der Waals surface area contributed by atoms with E-state index in [4.69, 9.17) is 5.11 Å². The first-order chi connectivity index (χ1) is 11.7. The van der Waals surface area contributed by atoms with Crippen LogP contribution in [0.1, 0.15) is 39.2 Å². The molecule has 2 amide bonds. The number of carboxylic acids is 1. The van der Waals surface area contributed by atoms with Gasteiger partial charge in [0, 0.05) is 25.2 Å². The lowest BCUT2D eigenvalue weighted by molar-refractivity contribution is -0.147. The summed E-state index contributed by atoms with van der Waals surface area (Å²) >= 11 is 0. The summed E-state index contributed by atoms with van der Waals surface area (Å²) in [6.45, 7) is 5.97. The number of carbonyl (C=O) groups is 3. The van der Waals surface area contributed by atoms with Gasteiger partial charge in [0.1, 0.15) is 0 Å². The summed E-state index contributed by atoms with van der Waals surface area (Å²) in [5, 5.41) is 11.9. The quantitative estimate of drug-likeness (QED) is 0.792. The highest BCUT2D eigenvalue weighted by Gasteiger charge is 2.35. The number of anilines is 1. The maximum atomic E-state index is 12.3. The summed E-state index contributed by atoms with van der Waals surface area (Å²) in [6, 6.07) is 7.80. The second-order valence-corrected chi connectivity index (χ2v) is 7.16. The normalized spacial score (nSPS) is 17.6. The molecule has 2 N–H and O–H groups in total. The molecule has 6 heteroatoms. The minimum absolute atomic E-state index is 0.0599. The minimum Gasteiger partial charge on any atom is -0.481 e. The third-order valence-electron chi connectivity index (χ3n) is 4.78. The van der Waals surface area contributed by atoms with Crippen molar-refractivity contribution in [1.82, 2.24) is 5.32 Å². The van der Waals surface area contributed by atoms with Crippen LogP contribution in [0.15, 0.2) is 24.3 Å². The summed E-state index contributed by atoms with van der Waals surface area (Å²) in [4.78, 5) is 37.2. The van der Waals surface area contributed by atoms with Crippen molar-refractivity contribution in [3.8, 4) is 0 Å². The van der Waals surface area contributed by atoms with E-state index in [1.165, 1.54) is 5.56 Å². The molecule has 1 fully saturated rings. The zero-order valence-electron chi connectivity index (χ0n) is 15.0. The molecule has 1 saturated heterocycles. The van der Waals surface area contributed by atoms with Crippen LogP contribution >= 0.6 is 0 Å². The lowest BCUT2D eigenvalue weighted by Crippen LogP contribution is -2.36. The van der Waals surface area contributed by atoms with E-state index in [1.54, 1.807) is 18.7 Å². The van der Waals surface area contributed by atoms with Crippen LogP contribution in [0.5, 0.6) is 0 Å². The highest BCUT2D eigenvalue weighted by Crippen LogP contribution is 2.26. The van der Waals surface area contributed by atoms with Crippen LogP contribution in [-0.4, -0.2) is 36.0 Å². The number of nitrogens with zero attached hydrogens (tertiary/aromatic N) is 1. The summed E-state index contributed by atoms with van der Waals surface area (Å²) in [6.07, 6.45) is 1.46. The zero-order chi connectivity index (χ0) is 18.6. The predicted molar refractivity (Wildman–Crippen MR) is 95.3 cm³/mol. The largest absolute Gasteiger partial charge is 0.481 e. The molecule has 1 aromatic carbocycles. The number of rotatable bonds is 7. The number of hydrogen-bond acceptors (Lipinski definition) is 3. The van der Waals surface area contributed by atoms with Gasteiger partial charge in [-0.2, -0.15) is 0 Å². The van der Waals surface area contributed by atoms with Crippen molar-refractivity contribution in [3.05, 3.63) is 29.8 Å². The Kier molecular flexibility index (Phi) is 5.82. The highest BCUT2D eigenvalue weighted by atomic mass is 16.4. The van der Waals surface area contributed by atoms with Crippen molar-refractivity contribution in [3.63, 3.8) is 0 Å². The van der Waals surface area contributed by atoms with E-state index in [2.05, 4.69) is 12.2 Å². The van der Waals surface area contributed by atoms with Crippen molar-refractivity contribution >= 4 is 23.5 Å². The number of aryl methyl sites for hydroxylation is 1. The van der Waals surface area contributed by atoms with Gasteiger partial charge in [-0.15, -0.1) is 0 Å². The Hall–Kier alpha value is -2.37. The molecule has 1 atom stereocenters. The van der Waals surface area contributed by atoms with Crippen molar-refractivity contribution < 1.29 is 19.5 Å².